The maximum absolute atomic E-state index is 8.25. The van der Waals surface area contributed by atoms with Gasteiger partial charge in [0.25, 0.3) is 0 Å². The molecule has 0 unspecified atom stereocenters. The van der Waals surface area contributed by atoms with Crippen LogP contribution in [-0.2, 0) is 0 Å². The van der Waals surface area contributed by atoms with Crippen molar-refractivity contribution < 1.29 is 0 Å². The van der Waals surface area contributed by atoms with Crippen LogP contribution in [0.5, 0.6) is 0 Å². The number of rotatable bonds is 8. The van der Waals surface area contributed by atoms with E-state index in [1.54, 1.807) is 0 Å². The second-order valence-corrected chi connectivity index (χ2v) is 3.94. The fourth-order valence-electron chi connectivity index (χ4n) is 1.18. The maximum Gasteiger partial charge on any atom is 0.133 e. The van der Waals surface area contributed by atoms with Crippen molar-refractivity contribution in [2.45, 2.75) is 51.9 Å². The fourth-order valence-corrected chi connectivity index (χ4v) is 1.62. The molecule has 0 atom stereocenters. The summed E-state index contributed by atoms with van der Waals surface area (Å²) in [6.07, 6.45) is 9.35. The van der Waals surface area contributed by atoms with Gasteiger partial charge in [-0.1, -0.05) is 45.4 Å². The average Bonchev–Trinajstić information content (AvgIpc) is 2.10. The Labute approximate surface area is 86.7 Å². The third-order valence-electron chi connectivity index (χ3n) is 1.91. The summed E-state index contributed by atoms with van der Waals surface area (Å²) >= 11 is 1.38. The van der Waals surface area contributed by atoms with Gasteiger partial charge in [-0.25, -0.2) is 0 Å². The SMILES string of the molecule is CCCCCCCCCSC#N.N. The molecule has 0 amide bonds. The molecule has 0 aromatic heterocycles. The van der Waals surface area contributed by atoms with Crippen LogP contribution in [-0.4, -0.2) is 5.75 Å². The van der Waals surface area contributed by atoms with E-state index in [4.69, 9.17) is 5.26 Å². The number of thioether (sulfide) groups is 1. The van der Waals surface area contributed by atoms with Gasteiger partial charge in [0.05, 0.1) is 0 Å². The van der Waals surface area contributed by atoms with E-state index >= 15 is 0 Å². The normalized spacial score (nSPS) is 8.92. The maximum atomic E-state index is 8.25. The summed E-state index contributed by atoms with van der Waals surface area (Å²) in [6.45, 7) is 2.24. The smallest absolute Gasteiger partial charge is 0.133 e. The van der Waals surface area contributed by atoms with Crippen molar-refractivity contribution in [3.63, 3.8) is 0 Å². The molecular formula is C10H22N2S. The lowest BCUT2D eigenvalue weighted by atomic mass is 10.1. The van der Waals surface area contributed by atoms with Crippen molar-refractivity contribution in [2.24, 2.45) is 0 Å². The van der Waals surface area contributed by atoms with E-state index in [9.17, 15) is 0 Å². The van der Waals surface area contributed by atoms with Crippen LogP contribution in [0.25, 0.3) is 0 Å². The van der Waals surface area contributed by atoms with E-state index in [2.05, 4.69) is 12.3 Å². The number of hydrogen-bond donors (Lipinski definition) is 1. The third-order valence-corrected chi connectivity index (χ3v) is 2.54. The highest BCUT2D eigenvalue weighted by Gasteiger charge is 1.90. The molecule has 2 nitrogen and oxygen atoms in total. The zero-order valence-corrected chi connectivity index (χ0v) is 9.54. The minimum Gasteiger partial charge on any atom is -0.344 e. The van der Waals surface area contributed by atoms with Crippen LogP contribution in [0.15, 0.2) is 0 Å². The molecule has 0 saturated heterocycles. The Balaban J connectivity index is 0. The van der Waals surface area contributed by atoms with E-state index in [-0.39, 0.29) is 6.15 Å². The summed E-state index contributed by atoms with van der Waals surface area (Å²) in [4.78, 5) is 0. The molecule has 0 aliphatic heterocycles. The molecule has 78 valence electrons. The Bertz CT molecular complexity index is 121. The zero-order valence-electron chi connectivity index (χ0n) is 8.72. The first-order chi connectivity index (χ1) is 5.91. The second-order valence-electron chi connectivity index (χ2n) is 3.06. The van der Waals surface area contributed by atoms with Gasteiger partial charge in [-0.2, -0.15) is 5.26 Å². The summed E-state index contributed by atoms with van der Waals surface area (Å²) in [7, 11) is 0. The van der Waals surface area contributed by atoms with Crippen LogP contribution in [0.2, 0.25) is 0 Å². The molecule has 3 N–H and O–H groups in total. The van der Waals surface area contributed by atoms with E-state index in [0.717, 1.165) is 5.75 Å². The molecule has 0 fully saturated rings. The van der Waals surface area contributed by atoms with Crippen molar-refractivity contribution in [1.82, 2.24) is 6.15 Å². The number of nitrogens with zero attached hydrogens (tertiary/aromatic N) is 1. The lowest BCUT2D eigenvalue weighted by molar-refractivity contribution is 0.604. The zero-order chi connectivity index (χ0) is 9.07. The number of unbranched alkanes of at least 4 members (excludes halogenated alkanes) is 6. The molecule has 3 heteroatoms. The first-order valence-electron chi connectivity index (χ1n) is 4.92. The summed E-state index contributed by atoms with van der Waals surface area (Å²) in [5.41, 5.74) is 0. The Hall–Kier alpha value is -0.200. The lowest BCUT2D eigenvalue weighted by Gasteiger charge is -1.98. The Morgan fingerprint density at radius 2 is 1.54 bits per heavy atom. The highest BCUT2D eigenvalue weighted by Crippen LogP contribution is 2.09. The van der Waals surface area contributed by atoms with Crippen LogP contribution in [0.3, 0.4) is 0 Å². The average molecular weight is 202 g/mol. The summed E-state index contributed by atoms with van der Waals surface area (Å²) in [6, 6.07) is 0. The summed E-state index contributed by atoms with van der Waals surface area (Å²) < 4.78 is 0. The Morgan fingerprint density at radius 3 is 2.08 bits per heavy atom. The van der Waals surface area contributed by atoms with Gasteiger partial charge in [-0.3, -0.25) is 0 Å². The highest BCUT2D eigenvalue weighted by molar-refractivity contribution is 8.03. The molecule has 0 aliphatic rings. The lowest BCUT2D eigenvalue weighted by Crippen LogP contribution is -1.81. The summed E-state index contributed by atoms with van der Waals surface area (Å²) in [5.74, 6) is 1.02. The molecule has 0 aromatic carbocycles. The van der Waals surface area contributed by atoms with Crippen LogP contribution < -0.4 is 6.15 Å². The van der Waals surface area contributed by atoms with Crippen LogP contribution in [0.4, 0.5) is 0 Å². The minimum atomic E-state index is 0. The van der Waals surface area contributed by atoms with Crippen molar-refractivity contribution >= 4 is 11.8 Å². The Morgan fingerprint density at radius 1 is 1.00 bits per heavy atom. The van der Waals surface area contributed by atoms with Crippen molar-refractivity contribution in [3.8, 4) is 5.40 Å². The second kappa shape index (κ2) is 14.3. The van der Waals surface area contributed by atoms with Gasteiger partial charge in [-0.05, 0) is 18.2 Å². The molecule has 0 rings (SSSR count). The van der Waals surface area contributed by atoms with Crippen LogP contribution in [0, 0.1) is 10.7 Å². The summed E-state index contributed by atoms with van der Waals surface area (Å²) in [5, 5.41) is 10.3. The molecule has 13 heavy (non-hydrogen) atoms. The predicted octanol–water partition coefficient (Wildman–Crippen LogP) is 4.11. The van der Waals surface area contributed by atoms with Gasteiger partial charge < -0.3 is 6.15 Å². The van der Waals surface area contributed by atoms with Crippen molar-refractivity contribution in [1.29, 1.82) is 5.26 Å². The standard InChI is InChI=1S/C10H19NS.H3N/c1-2-3-4-5-6-7-8-9-12-10-11;/h2-9H2,1H3;1H3. The van der Waals surface area contributed by atoms with Gasteiger partial charge in [0, 0.05) is 5.75 Å². The van der Waals surface area contributed by atoms with Gasteiger partial charge in [0.15, 0.2) is 0 Å². The molecule has 0 aromatic rings. The number of thiocyanates is 1. The number of nitriles is 1. The van der Waals surface area contributed by atoms with Gasteiger partial charge in [0.2, 0.25) is 0 Å². The monoisotopic (exact) mass is 202 g/mol. The van der Waals surface area contributed by atoms with Gasteiger partial charge >= 0.3 is 0 Å². The predicted molar refractivity (Wildman–Crippen MR) is 61.1 cm³/mol. The molecular weight excluding hydrogens is 180 g/mol. The topological polar surface area (TPSA) is 58.8 Å². The molecule has 0 aliphatic carbocycles. The Kier molecular flexibility index (Phi) is 16.8. The largest absolute Gasteiger partial charge is 0.344 e. The number of hydrogen-bond acceptors (Lipinski definition) is 3. The van der Waals surface area contributed by atoms with Gasteiger partial charge in [0.1, 0.15) is 5.40 Å². The van der Waals surface area contributed by atoms with Crippen molar-refractivity contribution in [2.75, 3.05) is 5.75 Å². The fraction of sp³-hybridized carbons (Fsp3) is 0.900. The minimum absolute atomic E-state index is 0. The first-order valence-corrected chi connectivity index (χ1v) is 5.91. The highest BCUT2D eigenvalue weighted by atomic mass is 32.2. The van der Waals surface area contributed by atoms with E-state index < -0.39 is 0 Å². The molecule has 0 spiro atoms. The van der Waals surface area contributed by atoms with E-state index in [1.165, 1.54) is 56.7 Å². The van der Waals surface area contributed by atoms with Crippen LogP contribution in [0.1, 0.15) is 51.9 Å². The van der Waals surface area contributed by atoms with E-state index in [0.29, 0.717) is 0 Å². The molecule has 0 heterocycles. The van der Waals surface area contributed by atoms with Gasteiger partial charge in [-0.15, -0.1) is 0 Å². The third kappa shape index (κ3) is 14.6. The van der Waals surface area contributed by atoms with Crippen LogP contribution >= 0.6 is 11.8 Å². The van der Waals surface area contributed by atoms with Crippen molar-refractivity contribution in [3.05, 3.63) is 0 Å². The molecule has 0 bridgehead atoms. The first kappa shape index (κ1) is 15.3. The van der Waals surface area contributed by atoms with E-state index in [1.807, 2.05) is 0 Å². The quantitative estimate of drug-likeness (QED) is 0.476. The molecule has 0 radical (unpaired) electrons. The molecule has 0 saturated carbocycles.